The summed E-state index contributed by atoms with van der Waals surface area (Å²) < 4.78 is 6.11. The third-order valence-electron chi connectivity index (χ3n) is 5.28. The molecule has 0 aliphatic carbocycles. The van der Waals surface area contributed by atoms with Crippen LogP contribution in [0.3, 0.4) is 0 Å². The van der Waals surface area contributed by atoms with Gasteiger partial charge in [-0.25, -0.2) is 0 Å². The van der Waals surface area contributed by atoms with Gasteiger partial charge in [-0.2, -0.15) is 0 Å². The van der Waals surface area contributed by atoms with Crippen LogP contribution in [0.4, 0.5) is 0 Å². The molecular weight excluding hydrogens is 258 g/mol. The number of hydrogen-bond donors (Lipinski definition) is 1. The topological polar surface area (TPSA) is 21.3 Å². The van der Waals surface area contributed by atoms with E-state index in [-0.39, 0.29) is 10.8 Å². The molecule has 0 spiro atoms. The van der Waals surface area contributed by atoms with Crippen LogP contribution in [-0.4, -0.2) is 13.2 Å². The lowest BCUT2D eigenvalue weighted by molar-refractivity contribution is 0.313. The summed E-state index contributed by atoms with van der Waals surface area (Å²) in [6.45, 7) is 16.5. The second-order valence-corrected chi connectivity index (χ2v) is 7.51. The maximum absolute atomic E-state index is 6.11. The van der Waals surface area contributed by atoms with E-state index < -0.39 is 0 Å². The van der Waals surface area contributed by atoms with E-state index in [9.17, 15) is 0 Å². The van der Waals surface area contributed by atoms with Crippen LogP contribution in [0.15, 0.2) is 12.1 Å². The van der Waals surface area contributed by atoms with Crippen molar-refractivity contribution in [3.05, 3.63) is 28.8 Å². The zero-order chi connectivity index (χ0) is 15.7. The maximum Gasteiger partial charge on any atom is 0.127 e. The van der Waals surface area contributed by atoms with Crippen LogP contribution in [0, 0.1) is 0 Å². The number of nitrogens with one attached hydrogen (secondary N) is 1. The van der Waals surface area contributed by atoms with Crippen LogP contribution in [0.2, 0.25) is 0 Å². The molecule has 0 radical (unpaired) electrons. The van der Waals surface area contributed by atoms with Gasteiger partial charge in [0.1, 0.15) is 12.4 Å². The fourth-order valence-electron chi connectivity index (χ4n) is 2.73. The minimum atomic E-state index is 0.147. The van der Waals surface area contributed by atoms with E-state index in [1.54, 1.807) is 0 Å². The van der Waals surface area contributed by atoms with Crippen molar-refractivity contribution in [1.82, 2.24) is 5.32 Å². The molecule has 0 saturated carbocycles. The Morgan fingerprint density at radius 1 is 1.05 bits per heavy atom. The van der Waals surface area contributed by atoms with Gasteiger partial charge >= 0.3 is 0 Å². The van der Waals surface area contributed by atoms with Gasteiger partial charge in [-0.3, -0.25) is 0 Å². The molecule has 1 aromatic carbocycles. The molecule has 118 valence electrons. The lowest BCUT2D eigenvalue weighted by Gasteiger charge is -2.31. The van der Waals surface area contributed by atoms with Gasteiger partial charge < -0.3 is 10.1 Å². The molecule has 0 atom stereocenters. The van der Waals surface area contributed by atoms with Crippen LogP contribution >= 0.6 is 0 Å². The Hall–Kier alpha value is -1.02. The van der Waals surface area contributed by atoms with Gasteiger partial charge in [0.15, 0.2) is 0 Å². The first-order valence-electron chi connectivity index (χ1n) is 8.33. The Morgan fingerprint density at radius 2 is 1.71 bits per heavy atom. The molecule has 2 nitrogen and oxygen atoms in total. The molecule has 0 aromatic heterocycles. The number of ether oxygens (including phenoxy) is 1. The second-order valence-electron chi connectivity index (χ2n) is 7.51. The van der Waals surface area contributed by atoms with E-state index in [4.69, 9.17) is 4.74 Å². The Balaban J connectivity index is 2.63. The predicted octanol–water partition coefficient (Wildman–Crippen LogP) is 4.54. The van der Waals surface area contributed by atoms with E-state index in [1.807, 2.05) is 0 Å². The van der Waals surface area contributed by atoms with Crippen molar-refractivity contribution in [2.75, 3.05) is 13.2 Å². The Bertz CT molecular complexity index is 503. The minimum absolute atomic E-state index is 0.147. The van der Waals surface area contributed by atoms with Gasteiger partial charge in [-0.05, 0) is 29.2 Å². The van der Waals surface area contributed by atoms with E-state index in [0.717, 1.165) is 38.3 Å². The van der Waals surface area contributed by atoms with Crippen LogP contribution in [-0.2, 0) is 17.4 Å². The zero-order valence-corrected chi connectivity index (χ0v) is 14.6. The summed E-state index contributed by atoms with van der Waals surface area (Å²) in [5.74, 6) is 1.13. The highest BCUT2D eigenvalue weighted by Gasteiger charge is 2.29. The van der Waals surface area contributed by atoms with E-state index >= 15 is 0 Å². The predicted molar refractivity (Wildman–Crippen MR) is 90.3 cm³/mol. The van der Waals surface area contributed by atoms with Crippen LogP contribution in [0.1, 0.15) is 71.1 Å². The van der Waals surface area contributed by atoms with Crippen LogP contribution < -0.4 is 10.1 Å². The SMILES string of the molecule is CCC(C)(C)c1cc2c(c(C(C)(C)CC)c1)OCCNC2. The van der Waals surface area contributed by atoms with Gasteiger partial charge in [0.2, 0.25) is 0 Å². The van der Waals surface area contributed by atoms with Crippen LogP contribution in [0.25, 0.3) is 0 Å². The molecular formula is C19H31NO. The molecule has 1 N–H and O–H groups in total. The quantitative estimate of drug-likeness (QED) is 0.878. The third-order valence-corrected chi connectivity index (χ3v) is 5.28. The first-order chi connectivity index (χ1) is 9.81. The molecule has 1 aliphatic rings. The molecule has 21 heavy (non-hydrogen) atoms. The Morgan fingerprint density at radius 3 is 2.33 bits per heavy atom. The highest BCUT2D eigenvalue weighted by Crippen LogP contribution is 2.41. The van der Waals surface area contributed by atoms with Gasteiger partial charge in [0.25, 0.3) is 0 Å². The Labute approximate surface area is 130 Å². The zero-order valence-electron chi connectivity index (χ0n) is 14.6. The van der Waals surface area contributed by atoms with Crippen molar-refractivity contribution < 1.29 is 4.74 Å². The Kier molecular flexibility index (Phi) is 4.67. The fourth-order valence-corrected chi connectivity index (χ4v) is 2.73. The van der Waals surface area contributed by atoms with Gasteiger partial charge in [0.05, 0.1) is 0 Å². The molecule has 0 unspecified atom stereocenters. The third kappa shape index (κ3) is 3.26. The summed E-state index contributed by atoms with van der Waals surface area (Å²) >= 11 is 0. The summed E-state index contributed by atoms with van der Waals surface area (Å²) in [5.41, 5.74) is 4.49. The van der Waals surface area contributed by atoms with Gasteiger partial charge in [-0.1, -0.05) is 53.7 Å². The highest BCUT2D eigenvalue weighted by molar-refractivity contribution is 5.50. The fraction of sp³-hybridized carbons (Fsp3) is 0.684. The minimum Gasteiger partial charge on any atom is -0.492 e. The monoisotopic (exact) mass is 289 g/mol. The summed E-state index contributed by atoms with van der Waals surface area (Å²) in [7, 11) is 0. The molecule has 1 aromatic rings. The summed E-state index contributed by atoms with van der Waals surface area (Å²) in [6.07, 6.45) is 2.26. The van der Waals surface area contributed by atoms with Crippen molar-refractivity contribution in [3.63, 3.8) is 0 Å². The number of rotatable bonds is 4. The molecule has 0 amide bonds. The molecule has 0 bridgehead atoms. The highest BCUT2D eigenvalue weighted by atomic mass is 16.5. The van der Waals surface area contributed by atoms with E-state index in [0.29, 0.717) is 0 Å². The van der Waals surface area contributed by atoms with Crippen LogP contribution in [0.5, 0.6) is 5.75 Å². The van der Waals surface area contributed by atoms with Crippen molar-refractivity contribution >= 4 is 0 Å². The van der Waals surface area contributed by atoms with E-state index in [1.165, 1.54) is 16.7 Å². The van der Waals surface area contributed by atoms with Gasteiger partial charge in [0, 0.05) is 24.2 Å². The number of hydrogen-bond acceptors (Lipinski definition) is 2. The number of benzene rings is 1. The summed E-state index contributed by atoms with van der Waals surface area (Å²) in [5, 5.41) is 3.47. The van der Waals surface area contributed by atoms with Crippen molar-refractivity contribution in [2.24, 2.45) is 0 Å². The van der Waals surface area contributed by atoms with Crippen molar-refractivity contribution in [3.8, 4) is 5.75 Å². The average Bonchev–Trinajstić information content (AvgIpc) is 2.71. The van der Waals surface area contributed by atoms with Crippen molar-refractivity contribution in [2.45, 2.75) is 71.8 Å². The standard InChI is InChI=1S/C19H31NO/c1-7-18(3,4)15-11-14-13-20-9-10-21-17(14)16(12-15)19(5,6)8-2/h11-12,20H,7-10,13H2,1-6H3. The van der Waals surface area contributed by atoms with Gasteiger partial charge in [-0.15, -0.1) is 0 Å². The maximum atomic E-state index is 6.11. The first kappa shape index (κ1) is 16.4. The normalized spacial score (nSPS) is 16.1. The summed E-state index contributed by atoms with van der Waals surface area (Å²) in [4.78, 5) is 0. The second kappa shape index (κ2) is 6.00. The van der Waals surface area contributed by atoms with Crippen molar-refractivity contribution in [1.29, 1.82) is 0 Å². The first-order valence-corrected chi connectivity index (χ1v) is 8.33. The molecule has 2 rings (SSSR count). The average molecular weight is 289 g/mol. The largest absolute Gasteiger partial charge is 0.492 e. The molecule has 0 saturated heterocycles. The van der Waals surface area contributed by atoms with E-state index in [2.05, 4.69) is 59.0 Å². The lowest BCUT2D eigenvalue weighted by Crippen LogP contribution is -2.22. The molecule has 2 heteroatoms. The molecule has 0 fully saturated rings. The lowest BCUT2D eigenvalue weighted by atomic mass is 9.75. The number of fused-ring (bicyclic) bond motifs is 1. The molecule has 1 heterocycles. The molecule has 1 aliphatic heterocycles. The smallest absolute Gasteiger partial charge is 0.127 e. The summed E-state index contributed by atoms with van der Waals surface area (Å²) in [6, 6.07) is 4.75.